The van der Waals surface area contributed by atoms with E-state index in [1.807, 2.05) is 72.1 Å². The number of likely N-dealkylation sites (N-methyl/N-ethyl adjacent to an activating group) is 1. The van der Waals surface area contributed by atoms with Gasteiger partial charge in [0.05, 0.1) is 17.8 Å². The van der Waals surface area contributed by atoms with E-state index >= 15 is 0 Å². The summed E-state index contributed by atoms with van der Waals surface area (Å²) in [6.07, 6.45) is -0.923. The summed E-state index contributed by atoms with van der Waals surface area (Å²) in [4.78, 5) is 45.4. The second-order valence-corrected chi connectivity index (χ2v) is 8.75. The van der Waals surface area contributed by atoms with E-state index in [9.17, 15) is 14.4 Å². The molecular formula is C25H24N4O3S. The van der Waals surface area contributed by atoms with Gasteiger partial charge in [-0.15, -0.1) is 11.3 Å². The summed E-state index contributed by atoms with van der Waals surface area (Å²) in [5, 5.41) is 7.30. The Morgan fingerprint density at radius 2 is 1.79 bits per heavy atom. The van der Waals surface area contributed by atoms with Crippen molar-refractivity contribution in [1.29, 1.82) is 0 Å². The van der Waals surface area contributed by atoms with Gasteiger partial charge in [-0.05, 0) is 24.4 Å². The van der Waals surface area contributed by atoms with Gasteiger partial charge in [-0.3, -0.25) is 14.4 Å². The maximum Gasteiger partial charge on any atom is 0.272 e. The lowest BCUT2D eigenvalue weighted by atomic mass is 10.0. The topological polar surface area (TPSA) is 90.9 Å². The normalized spacial score (nSPS) is 16.3. The number of hydrogen-bond donors (Lipinski definition) is 2. The van der Waals surface area contributed by atoms with Crippen molar-refractivity contribution in [2.45, 2.75) is 25.6 Å². The number of carbonyl (C=O) groups excluding carboxylic acids is 3. The van der Waals surface area contributed by atoms with Crippen LogP contribution in [-0.2, 0) is 20.8 Å². The molecule has 0 fully saturated rings. The van der Waals surface area contributed by atoms with Crippen molar-refractivity contribution in [1.82, 2.24) is 10.6 Å². The molecule has 2 N–H and O–H groups in total. The van der Waals surface area contributed by atoms with E-state index < -0.39 is 18.1 Å². The molecule has 1 aliphatic rings. The number of anilines is 1. The average molecular weight is 461 g/mol. The van der Waals surface area contributed by atoms with Gasteiger partial charge in [0.15, 0.2) is 0 Å². The lowest BCUT2D eigenvalue weighted by molar-refractivity contribution is -0.130. The minimum absolute atomic E-state index is 0.200. The molecule has 0 radical (unpaired) electrons. The number of aliphatic imine (C=N–C) groups is 1. The molecule has 7 nitrogen and oxygen atoms in total. The number of nitrogens with zero attached hydrogens (tertiary/aromatic N) is 2. The summed E-state index contributed by atoms with van der Waals surface area (Å²) in [5.41, 5.74) is 2.96. The lowest BCUT2D eigenvalue weighted by Gasteiger charge is -2.22. The van der Waals surface area contributed by atoms with Crippen molar-refractivity contribution in [2.75, 3.05) is 11.9 Å². The molecule has 0 saturated heterocycles. The Morgan fingerprint density at radius 1 is 1.06 bits per heavy atom. The summed E-state index contributed by atoms with van der Waals surface area (Å²) in [6.45, 7) is 1.59. The number of rotatable bonds is 6. The van der Waals surface area contributed by atoms with Crippen molar-refractivity contribution in [2.24, 2.45) is 4.99 Å². The number of benzodiazepines with no additional fused rings is 1. The summed E-state index contributed by atoms with van der Waals surface area (Å²) in [7, 11) is 1.66. The van der Waals surface area contributed by atoms with Crippen molar-refractivity contribution < 1.29 is 14.4 Å². The van der Waals surface area contributed by atoms with Crippen LogP contribution in [0.4, 0.5) is 5.69 Å². The highest BCUT2D eigenvalue weighted by molar-refractivity contribution is 7.10. The van der Waals surface area contributed by atoms with Gasteiger partial charge in [0.25, 0.3) is 5.91 Å². The van der Waals surface area contributed by atoms with E-state index in [1.54, 1.807) is 14.0 Å². The number of para-hydroxylation sites is 1. The Hall–Kier alpha value is -3.78. The predicted octanol–water partition coefficient (Wildman–Crippen LogP) is 2.75. The molecule has 3 aromatic rings. The van der Waals surface area contributed by atoms with Gasteiger partial charge in [-0.25, -0.2) is 4.99 Å². The van der Waals surface area contributed by atoms with E-state index in [4.69, 9.17) is 0 Å². The van der Waals surface area contributed by atoms with Crippen LogP contribution in [0.3, 0.4) is 0 Å². The van der Waals surface area contributed by atoms with Crippen molar-refractivity contribution in [3.05, 3.63) is 88.1 Å². The van der Waals surface area contributed by atoms with Gasteiger partial charge in [-0.2, -0.15) is 0 Å². The first-order chi connectivity index (χ1) is 15.9. The molecule has 0 bridgehead atoms. The maximum absolute atomic E-state index is 13.2. The monoisotopic (exact) mass is 460 g/mol. The van der Waals surface area contributed by atoms with Crippen molar-refractivity contribution in [3.8, 4) is 0 Å². The molecular weight excluding hydrogens is 436 g/mol. The van der Waals surface area contributed by atoms with E-state index in [0.29, 0.717) is 11.4 Å². The van der Waals surface area contributed by atoms with Crippen LogP contribution in [0.2, 0.25) is 0 Å². The third kappa shape index (κ3) is 5.01. The van der Waals surface area contributed by atoms with Crippen LogP contribution in [-0.4, -0.2) is 42.7 Å². The maximum atomic E-state index is 13.2. The minimum Gasteiger partial charge on any atom is -0.344 e. The first-order valence-electron chi connectivity index (χ1n) is 10.6. The van der Waals surface area contributed by atoms with Crippen LogP contribution >= 0.6 is 11.3 Å². The SMILES string of the molecule is C[C@H](NC(=O)Cc1cccs1)C(=O)N[C@H]1N=C(c2ccccc2)c2ccccc2N(C)C1=O. The average Bonchev–Trinajstić information content (AvgIpc) is 3.30. The molecule has 0 saturated carbocycles. The second kappa shape index (κ2) is 9.79. The molecule has 3 amide bonds. The number of hydrogen-bond acceptors (Lipinski definition) is 5. The zero-order chi connectivity index (χ0) is 23.4. The Labute approximate surface area is 196 Å². The molecule has 8 heteroatoms. The van der Waals surface area contributed by atoms with Gasteiger partial charge in [0.1, 0.15) is 6.04 Å². The van der Waals surface area contributed by atoms with E-state index in [2.05, 4.69) is 15.6 Å². The molecule has 0 unspecified atom stereocenters. The van der Waals surface area contributed by atoms with Gasteiger partial charge in [0, 0.05) is 23.1 Å². The molecule has 2 heterocycles. The van der Waals surface area contributed by atoms with Gasteiger partial charge in [-0.1, -0.05) is 54.6 Å². The van der Waals surface area contributed by atoms with E-state index in [1.165, 1.54) is 16.2 Å². The highest BCUT2D eigenvalue weighted by atomic mass is 32.1. The number of benzene rings is 2. The minimum atomic E-state index is -1.12. The molecule has 33 heavy (non-hydrogen) atoms. The van der Waals surface area contributed by atoms with Crippen molar-refractivity contribution in [3.63, 3.8) is 0 Å². The van der Waals surface area contributed by atoms with Crippen LogP contribution in [0, 0.1) is 0 Å². The molecule has 0 spiro atoms. The molecule has 4 rings (SSSR count). The molecule has 1 aliphatic heterocycles. The fourth-order valence-corrected chi connectivity index (χ4v) is 4.34. The van der Waals surface area contributed by atoms with Crippen LogP contribution in [0.15, 0.2) is 77.1 Å². The Kier molecular flexibility index (Phi) is 6.65. The Bertz CT molecular complexity index is 1190. The summed E-state index contributed by atoms with van der Waals surface area (Å²) >= 11 is 1.48. The van der Waals surface area contributed by atoms with E-state index in [-0.39, 0.29) is 18.2 Å². The first-order valence-corrected chi connectivity index (χ1v) is 11.4. The number of amides is 3. The molecule has 0 aliphatic carbocycles. The molecule has 168 valence electrons. The lowest BCUT2D eigenvalue weighted by Crippen LogP contribution is -2.52. The van der Waals surface area contributed by atoms with Crippen molar-refractivity contribution >= 4 is 40.5 Å². The van der Waals surface area contributed by atoms with Gasteiger partial charge >= 0.3 is 0 Å². The number of thiophene rings is 1. The highest BCUT2D eigenvalue weighted by Crippen LogP contribution is 2.27. The van der Waals surface area contributed by atoms with Crippen LogP contribution < -0.4 is 15.5 Å². The summed E-state index contributed by atoms with van der Waals surface area (Å²) < 4.78 is 0. The predicted molar refractivity (Wildman–Crippen MR) is 129 cm³/mol. The highest BCUT2D eigenvalue weighted by Gasteiger charge is 2.32. The molecule has 2 aromatic carbocycles. The third-order valence-electron chi connectivity index (χ3n) is 5.36. The molecule has 2 atom stereocenters. The third-order valence-corrected chi connectivity index (χ3v) is 6.23. The van der Waals surface area contributed by atoms with Crippen LogP contribution in [0.25, 0.3) is 0 Å². The van der Waals surface area contributed by atoms with Crippen LogP contribution in [0.1, 0.15) is 22.9 Å². The van der Waals surface area contributed by atoms with Crippen LogP contribution in [0.5, 0.6) is 0 Å². The zero-order valence-corrected chi connectivity index (χ0v) is 19.1. The summed E-state index contributed by atoms with van der Waals surface area (Å²) in [6, 6.07) is 20.0. The van der Waals surface area contributed by atoms with Gasteiger partial charge in [0.2, 0.25) is 18.0 Å². The first kappa shape index (κ1) is 22.4. The fourth-order valence-electron chi connectivity index (χ4n) is 3.63. The smallest absolute Gasteiger partial charge is 0.272 e. The second-order valence-electron chi connectivity index (χ2n) is 7.71. The fraction of sp³-hybridized carbons (Fsp3) is 0.200. The molecule has 1 aromatic heterocycles. The largest absolute Gasteiger partial charge is 0.344 e. The Balaban J connectivity index is 1.57. The Morgan fingerprint density at radius 3 is 2.52 bits per heavy atom. The number of carbonyl (C=O) groups is 3. The number of nitrogens with one attached hydrogen (secondary N) is 2. The van der Waals surface area contributed by atoms with Gasteiger partial charge < -0.3 is 15.5 Å². The standard InChI is InChI=1S/C25H24N4O3S/c1-16(26-21(30)15-18-11-8-14-33-18)24(31)28-23-25(32)29(2)20-13-7-6-12-19(20)22(27-23)17-9-4-3-5-10-17/h3-14,16,23H,15H2,1-2H3,(H,26,30)(H,28,31)/t16-,23+/m0/s1. The van der Waals surface area contributed by atoms with E-state index in [0.717, 1.165) is 16.0 Å². The summed E-state index contributed by atoms with van der Waals surface area (Å²) in [5.74, 6) is -1.10. The zero-order valence-electron chi connectivity index (χ0n) is 18.3. The number of fused-ring (bicyclic) bond motifs is 1. The quantitative estimate of drug-likeness (QED) is 0.593.